The number of halogens is 1. The minimum atomic E-state index is -0.461. The van der Waals surface area contributed by atoms with Crippen LogP contribution in [0.3, 0.4) is 0 Å². The van der Waals surface area contributed by atoms with Crippen LogP contribution in [0.4, 0.5) is 10.1 Å². The lowest BCUT2D eigenvalue weighted by Crippen LogP contribution is -2.05. The molecule has 66 valence electrons. The van der Waals surface area contributed by atoms with Crippen molar-refractivity contribution < 1.29 is 9.18 Å². The van der Waals surface area contributed by atoms with Crippen molar-refractivity contribution >= 4 is 11.6 Å². The molecule has 1 amide bonds. The van der Waals surface area contributed by atoms with E-state index in [-0.39, 0.29) is 11.5 Å². The van der Waals surface area contributed by atoms with Gasteiger partial charge in [0.15, 0.2) is 0 Å². The van der Waals surface area contributed by atoms with Gasteiger partial charge in [0.1, 0.15) is 5.82 Å². The van der Waals surface area contributed by atoms with Crippen molar-refractivity contribution in [2.24, 2.45) is 0 Å². The normalized spacial score (nSPS) is 9.00. The highest BCUT2D eigenvalue weighted by molar-refractivity contribution is 5.88. The fourth-order valence-corrected chi connectivity index (χ4v) is 0.917. The zero-order valence-electron chi connectivity index (χ0n) is 7.10. The summed E-state index contributed by atoms with van der Waals surface area (Å²) in [7, 11) is 0. The van der Waals surface area contributed by atoms with Gasteiger partial charge in [0.2, 0.25) is 5.91 Å². The lowest BCUT2D eigenvalue weighted by atomic mass is 10.2. The molecule has 2 nitrogen and oxygen atoms in total. The van der Waals surface area contributed by atoms with Gasteiger partial charge in [-0.1, -0.05) is 5.92 Å². The maximum atomic E-state index is 12.9. The molecule has 0 saturated heterocycles. The zero-order valence-corrected chi connectivity index (χ0v) is 7.10. The SMILES string of the molecule is C#Cc1cc(NC(C)=O)ccc1F. The van der Waals surface area contributed by atoms with Crippen molar-refractivity contribution in [1.82, 2.24) is 0 Å². The second-order valence-corrected chi connectivity index (χ2v) is 2.52. The molecule has 1 N–H and O–H groups in total. The first-order valence-corrected chi connectivity index (χ1v) is 3.67. The molecule has 0 saturated carbocycles. The average Bonchev–Trinajstić information content (AvgIpc) is 2.07. The Kier molecular flexibility index (Phi) is 2.65. The topological polar surface area (TPSA) is 29.1 Å². The van der Waals surface area contributed by atoms with Crippen molar-refractivity contribution in [2.45, 2.75) is 6.92 Å². The number of nitrogens with one attached hydrogen (secondary N) is 1. The number of carbonyl (C=O) groups excluding carboxylic acids is 1. The third-order valence-electron chi connectivity index (χ3n) is 1.44. The number of terminal acetylenes is 1. The highest BCUT2D eigenvalue weighted by atomic mass is 19.1. The van der Waals surface area contributed by atoms with Crippen LogP contribution in [0.25, 0.3) is 0 Å². The van der Waals surface area contributed by atoms with Gasteiger partial charge in [0, 0.05) is 12.6 Å². The van der Waals surface area contributed by atoms with Crippen molar-refractivity contribution in [3.05, 3.63) is 29.6 Å². The number of benzene rings is 1. The van der Waals surface area contributed by atoms with E-state index in [9.17, 15) is 9.18 Å². The summed E-state index contributed by atoms with van der Waals surface area (Å²) in [5.74, 6) is 1.51. The lowest BCUT2D eigenvalue weighted by molar-refractivity contribution is -0.114. The summed E-state index contributed by atoms with van der Waals surface area (Å²) in [6.45, 7) is 1.37. The predicted molar refractivity (Wildman–Crippen MR) is 48.6 cm³/mol. The summed E-state index contributed by atoms with van der Waals surface area (Å²) < 4.78 is 12.9. The predicted octanol–water partition coefficient (Wildman–Crippen LogP) is 1.77. The molecule has 0 heterocycles. The van der Waals surface area contributed by atoms with Crippen LogP contribution in [0.5, 0.6) is 0 Å². The minimum Gasteiger partial charge on any atom is -0.326 e. The molecule has 0 radical (unpaired) electrons. The molecule has 3 heteroatoms. The molecule has 1 aromatic carbocycles. The van der Waals surface area contributed by atoms with E-state index in [2.05, 4.69) is 11.2 Å². The van der Waals surface area contributed by atoms with E-state index in [4.69, 9.17) is 6.42 Å². The van der Waals surface area contributed by atoms with Crippen molar-refractivity contribution in [3.63, 3.8) is 0 Å². The number of rotatable bonds is 1. The summed E-state index contributed by atoms with van der Waals surface area (Å²) in [5, 5.41) is 2.51. The molecule has 0 aliphatic carbocycles. The zero-order chi connectivity index (χ0) is 9.84. The van der Waals surface area contributed by atoms with Gasteiger partial charge < -0.3 is 5.32 Å². The van der Waals surface area contributed by atoms with Crippen LogP contribution in [-0.4, -0.2) is 5.91 Å². The lowest BCUT2D eigenvalue weighted by Gasteiger charge is -2.02. The number of carbonyl (C=O) groups is 1. The number of hydrogen-bond acceptors (Lipinski definition) is 1. The fraction of sp³-hybridized carbons (Fsp3) is 0.100. The van der Waals surface area contributed by atoms with Gasteiger partial charge in [-0.25, -0.2) is 4.39 Å². The van der Waals surface area contributed by atoms with Crippen LogP contribution in [0.1, 0.15) is 12.5 Å². The minimum absolute atomic E-state index is 0.145. The second kappa shape index (κ2) is 3.72. The quantitative estimate of drug-likeness (QED) is 0.651. The summed E-state index contributed by atoms with van der Waals surface area (Å²) in [5.41, 5.74) is 0.646. The van der Waals surface area contributed by atoms with E-state index in [0.717, 1.165) is 0 Å². The van der Waals surface area contributed by atoms with Gasteiger partial charge >= 0.3 is 0 Å². The average molecular weight is 177 g/mol. The van der Waals surface area contributed by atoms with Crippen LogP contribution in [0, 0.1) is 18.2 Å². The van der Waals surface area contributed by atoms with Gasteiger partial charge in [0.05, 0.1) is 5.56 Å². The Morgan fingerprint density at radius 3 is 2.85 bits per heavy atom. The molecule has 0 spiro atoms. The first-order valence-electron chi connectivity index (χ1n) is 3.67. The Morgan fingerprint density at radius 1 is 1.62 bits per heavy atom. The Bertz CT molecular complexity index is 379. The second-order valence-electron chi connectivity index (χ2n) is 2.52. The Labute approximate surface area is 75.8 Å². The Hall–Kier alpha value is -1.82. The Balaban J connectivity index is 3.01. The van der Waals surface area contributed by atoms with E-state index < -0.39 is 5.82 Å². The van der Waals surface area contributed by atoms with Crippen molar-refractivity contribution in [2.75, 3.05) is 5.32 Å². The highest BCUT2D eigenvalue weighted by Gasteiger charge is 2.01. The molecule has 0 fully saturated rings. The molecule has 0 aromatic heterocycles. The molecular weight excluding hydrogens is 169 g/mol. The van der Waals surface area contributed by atoms with E-state index in [1.165, 1.54) is 25.1 Å². The standard InChI is InChI=1S/C10H8FNO/c1-3-8-6-9(12-7(2)13)4-5-10(8)11/h1,4-6H,2H3,(H,12,13). The molecule has 0 unspecified atom stereocenters. The number of amides is 1. The largest absolute Gasteiger partial charge is 0.326 e. The highest BCUT2D eigenvalue weighted by Crippen LogP contribution is 2.13. The molecule has 1 rings (SSSR count). The van der Waals surface area contributed by atoms with Crippen LogP contribution in [-0.2, 0) is 4.79 Å². The van der Waals surface area contributed by atoms with Gasteiger partial charge in [0.25, 0.3) is 0 Å². The van der Waals surface area contributed by atoms with Gasteiger partial charge in [-0.05, 0) is 18.2 Å². The maximum Gasteiger partial charge on any atom is 0.221 e. The third-order valence-corrected chi connectivity index (χ3v) is 1.44. The third kappa shape index (κ3) is 2.31. The van der Waals surface area contributed by atoms with Gasteiger partial charge in [-0.3, -0.25) is 4.79 Å². The van der Waals surface area contributed by atoms with Crippen LogP contribution >= 0.6 is 0 Å². The molecule has 0 atom stereocenters. The first kappa shape index (κ1) is 9.27. The van der Waals surface area contributed by atoms with E-state index in [1.807, 2.05) is 0 Å². The molecule has 0 bridgehead atoms. The molecule has 0 aliphatic rings. The molecule has 1 aromatic rings. The molecule has 0 aliphatic heterocycles. The monoisotopic (exact) mass is 177 g/mol. The molecular formula is C10H8FNO. The maximum absolute atomic E-state index is 12.9. The van der Waals surface area contributed by atoms with E-state index in [1.54, 1.807) is 0 Å². The van der Waals surface area contributed by atoms with Crippen LogP contribution < -0.4 is 5.32 Å². The van der Waals surface area contributed by atoms with Crippen molar-refractivity contribution in [1.29, 1.82) is 0 Å². The Morgan fingerprint density at radius 2 is 2.31 bits per heavy atom. The van der Waals surface area contributed by atoms with Gasteiger partial charge in [-0.2, -0.15) is 0 Å². The summed E-state index contributed by atoms with van der Waals surface area (Å²) in [6.07, 6.45) is 5.05. The van der Waals surface area contributed by atoms with E-state index >= 15 is 0 Å². The number of anilines is 1. The first-order chi connectivity index (χ1) is 6.13. The number of hydrogen-bond donors (Lipinski definition) is 1. The van der Waals surface area contributed by atoms with Crippen LogP contribution in [0.2, 0.25) is 0 Å². The fourth-order valence-electron chi connectivity index (χ4n) is 0.917. The summed E-state index contributed by atoms with van der Waals surface area (Å²) in [6, 6.07) is 4.09. The molecule has 13 heavy (non-hydrogen) atoms. The van der Waals surface area contributed by atoms with Gasteiger partial charge in [-0.15, -0.1) is 6.42 Å². The van der Waals surface area contributed by atoms with Crippen LogP contribution in [0.15, 0.2) is 18.2 Å². The summed E-state index contributed by atoms with van der Waals surface area (Å²) in [4.78, 5) is 10.6. The van der Waals surface area contributed by atoms with E-state index in [0.29, 0.717) is 5.69 Å². The van der Waals surface area contributed by atoms with Crippen molar-refractivity contribution in [3.8, 4) is 12.3 Å². The smallest absolute Gasteiger partial charge is 0.221 e. The summed E-state index contributed by atoms with van der Waals surface area (Å²) >= 11 is 0.